The summed E-state index contributed by atoms with van der Waals surface area (Å²) < 4.78 is 32.7. The second-order valence-corrected chi connectivity index (χ2v) is 10.1. The number of fused-ring (bicyclic) bond motifs is 1. The Labute approximate surface area is 193 Å². The van der Waals surface area contributed by atoms with Gasteiger partial charge in [-0.15, -0.1) is 0 Å². The second kappa shape index (κ2) is 8.86. The average Bonchev–Trinajstić information content (AvgIpc) is 3.10. The van der Waals surface area contributed by atoms with E-state index < -0.39 is 16.0 Å². The maximum atomic E-state index is 12.7. The highest BCUT2D eigenvalue weighted by molar-refractivity contribution is 7.92. The quantitative estimate of drug-likeness (QED) is 0.407. The van der Waals surface area contributed by atoms with Gasteiger partial charge in [0.05, 0.1) is 17.5 Å². The van der Waals surface area contributed by atoms with Crippen molar-refractivity contribution in [3.05, 3.63) is 82.7 Å². The van der Waals surface area contributed by atoms with Crippen LogP contribution in [0.2, 0.25) is 0 Å². The van der Waals surface area contributed by atoms with E-state index in [4.69, 9.17) is 4.74 Å². The highest BCUT2D eigenvalue weighted by atomic mass is 32.2. The lowest BCUT2D eigenvalue weighted by atomic mass is 9.99. The zero-order chi connectivity index (χ0) is 23.8. The van der Waals surface area contributed by atoms with Gasteiger partial charge in [-0.1, -0.05) is 18.2 Å². The molecule has 1 aliphatic rings. The molecule has 2 heterocycles. The maximum absolute atomic E-state index is 12.7. The number of carbonyl (C=O) groups is 2. The SMILES string of the molecule is Cc1cc(C(=O)OCC(=O)c2ccc3c(c2)CCCN3S(C)(=O)=O)c(C)n1-c1ccccc1. The van der Waals surface area contributed by atoms with Gasteiger partial charge in [0.25, 0.3) is 0 Å². The minimum atomic E-state index is -3.37. The monoisotopic (exact) mass is 466 g/mol. The lowest BCUT2D eigenvalue weighted by Gasteiger charge is -2.29. The van der Waals surface area contributed by atoms with Crippen LogP contribution >= 0.6 is 0 Å². The van der Waals surface area contributed by atoms with E-state index in [-0.39, 0.29) is 12.4 Å². The van der Waals surface area contributed by atoms with Crippen LogP contribution in [-0.2, 0) is 21.2 Å². The number of rotatable bonds is 6. The lowest BCUT2D eigenvalue weighted by Crippen LogP contribution is -2.34. The number of hydrogen-bond donors (Lipinski definition) is 0. The lowest BCUT2D eigenvalue weighted by molar-refractivity contribution is 0.0474. The first-order valence-electron chi connectivity index (χ1n) is 10.7. The number of hydrogen-bond acceptors (Lipinski definition) is 5. The van der Waals surface area contributed by atoms with E-state index in [2.05, 4.69) is 0 Å². The zero-order valence-electron chi connectivity index (χ0n) is 18.9. The van der Waals surface area contributed by atoms with E-state index in [9.17, 15) is 18.0 Å². The number of benzene rings is 2. The normalized spacial score (nSPS) is 13.5. The van der Waals surface area contributed by atoms with Crippen LogP contribution in [0.15, 0.2) is 54.6 Å². The molecule has 7 nitrogen and oxygen atoms in total. The molecule has 3 aromatic rings. The molecule has 0 aliphatic carbocycles. The van der Waals surface area contributed by atoms with Crippen LogP contribution < -0.4 is 4.31 Å². The van der Waals surface area contributed by atoms with Gasteiger partial charge in [-0.25, -0.2) is 13.2 Å². The summed E-state index contributed by atoms with van der Waals surface area (Å²) in [5, 5.41) is 0. The van der Waals surface area contributed by atoms with Gasteiger partial charge < -0.3 is 9.30 Å². The molecular formula is C25H26N2O5S. The van der Waals surface area contributed by atoms with Crippen LogP contribution in [0.25, 0.3) is 5.69 Å². The maximum Gasteiger partial charge on any atom is 0.340 e. The number of esters is 1. The summed E-state index contributed by atoms with van der Waals surface area (Å²) in [5.41, 5.74) is 4.79. The minimum absolute atomic E-state index is 0.334. The fourth-order valence-corrected chi connectivity index (χ4v) is 5.31. The Morgan fingerprint density at radius 1 is 1.03 bits per heavy atom. The Bertz CT molecular complexity index is 1330. The Morgan fingerprint density at radius 3 is 2.45 bits per heavy atom. The number of Topliss-reactive ketones (excluding diaryl/α,β-unsaturated/α-hetero) is 1. The molecule has 0 spiro atoms. The number of para-hydroxylation sites is 1. The molecule has 0 bridgehead atoms. The number of aromatic nitrogens is 1. The van der Waals surface area contributed by atoms with Gasteiger partial charge in [0.2, 0.25) is 10.0 Å². The molecule has 2 aromatic carbocycles. The Hall–Kier alpha value is -3.39. The van der Waals surface area contributed by atoms with Crippen molar-refractivity contribution in [1.82, 2.24) is 4.57 Å². The Kier molecular flexibility index (Phi) is 6.12. The van der Waals surface area contributed by atoms with Crippen molar-refractivity contribution < 1.29 is 22.7 Å². The molecule has 0 N–H and O–H groups in total. The third-order valence-electron chi connectivity index (χ3n) is 5.88. The van der Waals surface area contributed by atoms with Crippen LogP contribution in [0.5, 0.6) is 0 Å². The topological polar surface area (TPSA) is 85.7 Å². The highest BCUT2D eigenvalue weighted by Gasteiger charge is 2.25. The smallest absolute Gasteiger partial charge is 0.340 e. The molecule has 0 unspecified atom stereocenters. The van der Waals surface area contributed by atoms with E-state index in [1.54, 1.807) is 24.3 Å². The summed E-state index contributed by atoms with van der Waals surface area (Å²) in [7, 11) is -3.37. The predicted molar refractivity (Wildman–Crippen MR) is 127 cm³/mol. The van der Waals surface area contributed by atoms with Crippen molar-refractivity contribution in [2.24, 2.45) is 0 Å². The van der Waals surface area contributed by atoms with Gasteiger partial charge >= 0.3 is 5.97 Å². The van der Waals surface area contributed by atoms with E-state index in [0.29, 0.717) is 36.2 Å². The number of ketones is 1. The van der Waals surface area contributed by atoms with Crippen molar-refractivity contribution in [2.75, 3.05) is 23.7 Å². The summed E-state index contributed by atoms with van der Waals surface area (Å²) in [6, 6.07) is 16.4. The number of ether oxygens (including phenoxy) is 1. The number of carbonyl (C=O) groups excluding carboxylic acids is 2. The summed E-state index contributed by atoms with van der Waals surface area (Å²) >= 11 is 0. The summed E-state index contributed by atoms with van der Waals surface area (Å²) in [6.07, 6.45) is 2.55. The fourth-order valence-electron chi connectivity index (χ4n) is 4.32. The number of aryl methyl sites for hydroxylation is 2. The van der Waals surface area contributed by atoms with E-state index in [0.717, 1.165) is 22.6 Å². The highest BCUT2D eigenvalue weighted by Crippen LogP contribution is 2.30. The molecule has 0 saturated carbocycles. The summed E-state index contributed by atoms with van der Waals surface area (Å²) in [6.45, 7) is 3.80. The van der Waals surface area contributed by atoms with Crippen LogP contribution in [0.4, 0.5) is 5.69 Å². The first-order chi connectivity index (χ1) is 15.7. The van der Waals surface area contributed by atoms with Crippen LogP contribution in [0, 0.1) is 13.8 Å². The van der Waals surface area contributed by atoms with Gasteiger partial charge in [-0.2, -0.15) is 0 Å². The second-order valence-electron chi connectivity index (χ2n) is 8.24. The predicted octanol–water partition coefficient (Wildman–Crippen LogP) is 3.85. The van der Waals surface area contributed by atoms with E-state index in [1.165, 1.54) is 10.6 Å². The van der Waals surface area contributed by atoms with Gasteiger partial charge in [0.15, 0.2) is 12.4 Å². The fraction of sp³-hybridized carbons (Fsp3) is 0.280. The molecule has 0 fully saturated rings. The standard InChI is InChI=1S/C25H26N2O5S/c1-17-14-22(18(2)27(17)21-9-5-4-6-10-21)25(29)32-16-24(28)20-11-12-23-19(15-20)8-7-13-26(23)33(3,30)31/h4-6,9-12,14-15H,7-8,13,16H2,1-3H3. The number of anilines is 1. The molecule has 172 valence electrons. The molecule has 1 aromatic heterocycles. The van der Waals surface area contributed by atoms with Crippen LogP contribution in [-0.4, -0.2) is 44.1 Å². The first kappa shape index (κ1) is 22.8. The van der Waals surface area contributed by atoms with E-state index >= 15 is 0 Å². The molecule has 33 heavy (non-hydrogen) atoms. The first-order valence-corrected chi connectivity index (χ1v) is 12.6. The summed E-state index contributed by atoms with van der Waals surface area (Å²) in [4.78, 5) is 25.4. The molecule has 0 atom stereocenters. The van der Waals surface area contributed by atoms with Crippen LogP contribution in [0.1, 0.15) is 44.1 Å². The molecule has 0 saturated heterocycles. The molecule has 4 rings (SSSR count). The Morgan fingerprint density at radius 2 is 1.76 bits per heavy atom. The van der Waals surface area contributed by atoms with Gasteiger partial charge in [0.1, 0.15) is 0 Å². The van der Waals surface area contributed by atoms with Crippen molar-refractivity contribution in [3.8, 4) is 5.69 Å². The van der Waals surface area contributed by atoms with Gasteiger partial charge in [-0.3, -0.25) is 9.10 Å². The summed E-state index contributed by atoms with van der Waals surface area (Å²) in [5.74, 6) is -0.890. The molecule has 1 aliphatic heterocycles. The van der Waals surface area contributed by atoms with Crippen LogP contribution in [0.3, 0.4) is 0 Å². The van der Waals surface area contributed by atoms with Crippen molar-refractivity contribution in [3.63, 3.8) is 0 Å². The molecule has 0 radical (unpaired) electrons. The molecular weight excluding hydrogens is 440 g/mol. The molecule has 8 heteroatoms. The number of nitrogens with zero attached hydrogens (tertiary/aromatic N) is 2. The largest absolute Gasteiger partial charge is 0.454 e. The molecule has 0 amide bonds. The average molecular weight is 467 g/mol. The third-order valence-corrected chi connectivity index (χ3v) is 7.06. The van der Waals surface area contributed by atoms with Crippen molar-refractivity contribution >= 4 is 27.5 Å². The minimum Gasteiger partial charge on any atom is -0.454 e. The van der Waals surface area contributed by atoms with Gasteiger partial charge in [0, 0.05) is 29.2 Å². The third kappa shape index (κ3) is 4.57. The van der Waals surface area contributed by atoms with Gasteiger partial charge in [-0.05, 0) is 68.7 Å². The van der Waals surface area contributed by atoms with Crippen molar-refractivity contribution in [2.45, 2.75) is 26.7 Å². The number of sulfonamides is 1. The Balaban J connectivity index is 1.48. The zero-order valence-corrected chi connectivity index (χ0v) is 19.7. The van der Waals surface area contributed by atoms with E-state index in [1.807, 2.05) is 48.7 Å². The van der Waals surface area contributed by atoms with Crippen molar-refractivity contribution in [1.29, 1.82) is 0 Å².